The summed E-state index contributed by atoms with van der Waals surface area (Å²) in [5.41, 5.74) is 6.97. The lowest BCUT2D eigenvalue weighted by molar-refractivity contribution is 0.102. The van der Waals surface area contributed by atoms with Crippen molar-refractivity contribution in [2.45, 2.75) is 0 Å². The predicted octanol–water partition coefficient (Wildman–Crippen LogP) is 0.287. The minimum atomic E-state index is -0.436. The Hall–Kier alpha value is -3.36. The Bertz CT molecular complexity index is 770. The molecule has 104 valence electrons. The van der Waals surface area contributed by atoms with Gasteiger partial charge in [-0.15, -0.1) is 5.10 Å². The number of anilines is 2. The van der Waals surface area contributed by atoms with Gasteiger partial charge >= 0.3 is 0 Å². The van der Waals surface area contributed by atoms with Gasteiger partial charge in [-0.1, -0.05) is 6.07 Å². The molecular weight excluding hydrogens is 272 g/mol. The van der Waals surface area contributed by atoms with Gasteiger partial charge in [0.05, 0.1) is 5.69 Å². The molecule has 0 fully saturated rings. The molecule has 0 saturated heterocycles. The van der Waals surface area contributed by atoms with Gasteiger partial charge < -0.3 is 11.1 Å². The molecule has 0 spiro atoms. The van der Waals surface area contributed by atoms with Crippen molar-refractivity contribution in [3.63, 3.8) is 0 Å². The number of amides is 1. The van der Waals surface area contributed by atoms with Gasteiger partial charge in [-0.2, -0.15) is 0 Å². The number of aromatic nitrogens is 6. The zero-order valence-electron chi connectivity index (χ0n) is 10.7. The average molecular weight is 282 g/mol. The van der Waals surface area contributed by atoms with E-state index in [4.69, 9.17) is 5.73 Å². The van der Waals surface area contributed by atoms with Gasteiger partial charge in [0.15, 0.2) is 11.5 Å². The molecule has 0 unspecified atom stereocenters. The highest BCUT2D eigenvalue weighted by molar-refractivity contribution is 6.05. The molecule has 0 radical (unpaired) electrons. The zero-order valence-corrected chi connectivity index (χ0v) is 10.7. The third kappa shape index (κ3) is 2.66. The van der Waals surface area contributed by atoms with E-state index in [2.05, 4.69) is 30.8 Å². The van der Waals surface area contributed by atoms with Crippen LogP contribution in [0.2, 0.25) is 0 Å². The van der Waals surface area contributed by atoms with Gasteiger partial charge in [-0.3, -0.25) is 4.79 Å². The molecule has 1 aromatic carbocycles. The first-order valence-corrected chi connectivity index (χ1v) is 5.95. The smallest absolute Gasteiger partial charge is 0.278 e. The number of hydrogen-bond acceptors (Lipinski definition) is 7. The average Bonchev–Trinajstić information content (AvgIpc) is 3.02. The van der Waals surface area contributed by atoms with Crippen molar-refractivity contribution in [1.29, 1.82) is 0 Å². The van der Waals surface area contributed by atoms with Crippen molar-refractivity contribution in [2.75, 3.05) is 11.1 Å². The van der Waals surface area contributed by atoms with Crippen LogP contribution in [0.4, 0.5) is 11.5 Å². The minimum absolute atomic E-state index is 0.0744. The van der Waals surface area contributed by atoms with Crippen LogP contribution in [0.1, 0.15) is 10.5 Å². The summed E-state index contributed by atoms with van der Waals surface area (Å²) in [5, 5.41) is 13.6. The van der Waals surface area contributed by atoms with Gasteiger partial charge in [-0.05, 0) is 28.6 Å². The second-order valence-electron chi connectivity index (χ2n) is 4.05. The van der Waals surface area contributed by atoms with E-state index in [-0.39, 0.29) is 11.5 Å². The van der Waals surface area contributed by atoms with Crippen LogP contribution in [0.25, 0.3) is 5.69 Å². The molecule has 2 heterocycles. The number of nitrogens with one attached hydrogen (secondary N) is 1. The van der Waals surface area contributed by atoms with E-state index in [0.29, 0.717) is 11.4 Å². The van der Waals surface area contributed by atoms with Crippen LogP contribution in [0.5, 0.6) is 0 Å². The maximum absolute atomic E-state index is 12.1. The van der Waals surface area contributed by atoms with Gasteiger partial charge in [0, 0.05) is 18.1 Å². The molecule has 2 aromatic heterocycles. The number of benzene rings is 1. The molecule has 0 atom stereocenters. The number of rotatable bonds is 3. The number of carbonyl (C=O) groups excluding carboxylic acids is 1. The van der Waals surface area contributed by atoms with Crippen LogP contribution in [-0.2, 0) is 0 Å². The van der Waals surface area contributed by atoms with Crippen molar-refractivity contribution < 1.29 is 4.79 Å². The largest absolute Gasteiger partial charge is 0.382 e. The van der Waals surface area contributed by atoms with Gasteiger partial charge in [-0.25, -0.2) is 14.6 Å². The molecule has 0 aliphatic heterocycles. The van der Waals surface area contributed by atoms with Gasteiger partial charge in [0.1, 0.15) is 6.33 Å². The Balaban J connectivity index is 1.84. The van der Waals surface area contributed by atoms with Crippen LogP contribution in [0, 0.1) is 0 Å². The van der Waals surface area contributed by atoms with Crippen LogP contribution in [-0.4, -0.2) is 36.1 Å². The van der Waals surface area contributed by atoms with Crippen LogP contribution in [0.15, 0.2) is 43.0 Å². The summed E-state index contributed by atoms with van der Waals surface area (Å²) in [7, 11) is 0. The fourth-order valence-corrected chi connectivity index (χ4v) is 1.72. The van der Waals surface area contributed by atoms with Gasteiger partial charge in [0.2, 0.25) is 0 Å². The summed E-state index contributed by atoms with van der Waals surface area (Å²) in [6, 6.07) is 7.04. The summed E-state index contributed by atoms with van der Waals surface area (Å²) in [4.78, 5) is 19.8. The molecule has 0 aliphatic carbocycles. The Kier molecular flexibility index (Phi) is 3.21. The van der Waals surface area contributed by atoms with E-state index in [9.17, 15) is 4.79 Å². The predicted molar refractivity (Wildman–Crippen MR) is 73.6 cm³/mol. The molecule has 3 N–H and O–H groups in total. The number of tetrazole rings is 1. The van der Waals surface area contributed by atoms with Crippen molar-refractivity contribution >= 4 is 17.4 Å². The first kappa shape index (κ1) is 12.7. The second kappa shape index (κ2) is 5.33. The van der Waals surface area contributed by atoms with E-state index >= 15 is 0 Å². The van der Waals surface area contributed by atoms with Crippen LogP contribution in [0.3, 0.4) is 0 Å². The van der Waals surface area contributed by atoms with E-state index in [1.165, 1.54) is 23.4 Å². The summed E-state index contributed by atoms with van der Waals surface area (Å²) in [6.07, 6.45) is 4.29. The first-order valence-electron chi connectivity index (χ1n) is 5.95. The molecule has 0 saturated carbocycles. The molecule has 0 aliphatic rings. The third-order valence-electron chi connectivity index (χ3n) is 2.66. The molecule has 9 heteroatoms. The first-order chi connectivity index (χ1) is 10.2. The highest BCUT2D eigenvalue weighted by Gasteiger charge is 2.12. The lowest BCUT2D eigenvalue weighted by Gasteiger charge is -2.07. The standard InChI is InChI=1S/C12H10N8O/c13-11-10(14-4-5-15-11)12(21)17-8-2-1-3-9(6-8)20-7-16-18-19-20/h1-7H,(H2,13,15)(H,17,21). The normalized spacial score (nSPS) is 10.3. The fourth-order valence-electron chi connectivity index (χ4n) is 1.72. The lowest BCUT2D eigenvalue weighted by Crippen LogP contribution is -2.16. The number of nitrogens with zero attached hydrogens (tertiary/aromatic N) is 6. The Morgan fingerprint density at radius 1 is 1.24 bits per heavy atom. The molecule has 3 aromatic rings. The Morgan fingerprint density at radius 2 is 2.10 bits per heavy atom. The molecule has 1 amide bonds. The number of hydrogen-bond donors (Lipinski definition) is 2. The summed E-state index contributed by atoms with van der Waals surface area (Å²) in [6.45, 7) is 0. The molecular formula is C12H10N8O. The highest BCUT2D eigenvalue weighted by Crippen LogP contribution is 2.15. The van der Waals surface area contributed by atoms with E-state index in [1.54, 1.807) is 18.2 Å². The van der Waals surface area contributed by atoms with E-state index in [1.807, 2.05) is 6.07 Å². The molecule has 0 bridgehead atoms. The summed E-state index contributed by atoms with van der Waals surface area (Å²) in [5.74, 6) is -0.360. The van der Waals surface area contributed by atoms with E-state index in [0.717, 1.165) is 0 Å². The van der Waals surface area contributed by atoms with Crippen molar-refractivity contribution in [3.05, 3.63) is 48.7 Å². The van der Waals surface area contributed by atoms with Crippen molar-refractivity contribution in [2.24, 2.45) is 0 Å². The topological polar surface area (TPSA) is 125 Å². The summed E-state index contributed by atoms with van der Waals surface area (Å²) < 4.78 is 1.48. The van der Waals surface area contributed by atoms with Crippen molar-refractivity contribution in [3.8, 4) is 5.69 Å². The minimum Gasteiger partial charge on any atom is -0.382 e. The molecule has 21 heavy (non-hydrogen) atoms. The third-order valence-corrected chi connectivity index (χ3v) is 2.66. The number of nitrogens with two attached hydrogens (primary N) is 1. The fraction of sp³-hybridized carbons (Fsp3) is 0. The van der Waals surface area contributed by atoms with Gasteiger partial charge in [0.25, 0.3) is 5.91 Å². The lowest BCUT2D eigenvalue weighted by atomic mass is 10.2. The highest BCUT2D eigenvalue weighted by atomic mass is 16.1. The molecule has 3 rings (SSSR count). The van der Waals surface area contributed by atoms with Crippen LogP contribution >= 0.6 is 0 Å². The SMILES string of the molecule is Nc1nccnc1C(=O)Nc1cccc(-n2cnnn2)c1. The zero-order chi connectivity index (χ0) is 14.7. The number of carbonyl (C=O) groups is 1. The maximum Gasteiger partial charge on any atom is 0.278 e. The van der Waals surface area contributed by atoms with Crippen LogP contribution < -0.4 is 11.1 Å². The maximum atomic E-state index is 12.1. The Morgan fingerprint density at radius 3 is 2.86 bits per heavy atom. The Labute approximate surface area is 118 Å². The quantitative estimate of drug-likeness (QED) is 0.707. The van der Waals surface area contributed by atoms with Crippen molar-refractivity contribution in [1.82, 2.24) is 30.2 Å². The summed E-state index contributed by atoms with van der Waals surface area (Å²) >= 11 is 0. The molecule has 9 nitrogen and oxygen atoms in total. The second-order valence-corrected chi connectivity index (χ2v) is 4.05. The number of nitrogen functional groups attached to an aromatic ring is 1. The van der Waals surface area contributed by atoms with E-state index < -0.39 is 5.91 Å². The monoisotopic (exact) mass is 282 g/mol.